The van der Waals surface area contributed by atoms with Crippen molar-refractivity contribution in [1.82, 2.24) is 0 Å². The number of hydrogen-bond acceptors (Lipinski definition) is 3. The van der Waals surface area contributed by atoms with Crippen molar-refractivity contribution >= 4 is 11.6 Å². The van der Waals surface area contributed by atoms with Gasteiger partial charge in [0, 0.05) is 11.8 Å². The summed E-state index contributed by atoms with van der Waals surface area (Å²) in [7, 11) is 0. The average molecular weight is 284 g/mol. The van der Waals surface area contributed by atoms with Crippen LogP contribution in [0, 0.1) is 0 Å². The summed E-state index contributed by atoms with van der Waals surface area (Å²) >= 11 is 0. The molecule has 0 saturated carbocycles. The van der Waals surface area contributed by atoms with E-state index in [4.69, 9.17) is 10.5 Å². The van der Waals surface area contributed by atoms with Crippen LogP contribution in [0.2, 0.25) is 0 Å². The molecule has 0 aromatic heterocycles. The molecule has 21 heavy (non-hydrogen) atoms. The summed E-state index contributed by atoms with van der Waals surface area (Å²) in [6, 6.07) is 16.4. The second-order valence-electron chi connectivity index (χ2n) is 4.75. The predicted octanol–water partition coefficient (Wildman–Crippen LogP) is 2.59. The number of nitrogens with two attached hydrogens (primary N) is 1. The predicted molar refractivity (Wildman–Crippen MR) is 84.4 cm³/mol. The Balaban J connectivity index is 1.95. The molecule has 3 N–H and O–H groups in total. The first kappa shape index (κ1) is 15.1. The fourth-order valence-electron chi connectivity index (χ4n) is 2.03. The molecule has 0 aliphatic rings. The maximum Gasteiger partial charge on any atom is 0.241 e. The number of rotatable bonds is 6. The van der Waals surface area contributed by atoms with E-state index in [1.807, 2.05) is 55.5 Å². The van der Waals surface area contributed by atoms with Crippen molar-refractivity contribution in [1.29, 1.82) is 0 Å². The van der Waals surface area contributed by atoms with Gasteiger partial charge in [0.25, 0.3) is 0 Å². The Morgan fingerprint density at radius 1 is 1.19 bits per heavy atom. The minimum absolute atomic E-state index is 0.201. The fraction of sp³-hybridized carbons (Fsp3) is 0.235. The van der Waals surface area contributed by atoms with Gasteiger partial charge in [0.1, 0.15) is 5.75 Å². The van der Waals surface area contributed by atoms with Gasteiger partial charge in [-0.2, -0.15) is 0 Å². The minimum atomic E-state index is -0.580. The van der Waals surface area contributed by atoms with Gasteiger partial charge in [0.15, 0.2) is 0 Å². The highest BCUT2D eigenvalue weighted by molar-refractivity contribution is 5.95. The molecule has 0 saturated heterocycles. The highest BCUT2D eigenvalue weighted by Gasteiger charge is 2.14. The zero-order valence-corrected chi connectivity index (χ0v) is 12.1. The van der Waals surface area contributed by atoms with Crippen molar-refractivity contribution in [2.24, 2.45) is 5.73 Å². The molecule has 110 valence electrons. The third-order valence-electron chi connectivity index (χ3n) is 3.05. The molecule has 2 aromatic rings. The first-order valence-corrected chi connectivity index (χ1v) is 7.02. The molecule has 0 spiro atoms. The molecule has 0 radical (unpaired) electrons. The van der Waals surface area contributed by atoms with Crippen LogP contribution in [-0.2, 0) is 11.2 Å². The Morgan fingerprint density at radius 3 is 2.67 bits per heavy atom. The molecule has 4 nitrogen and oxygen atoms in total. The van der Waals surface area contributed by atoms with Crippen LogP contribution >= 0.6 is 0 Å². The van der Waals surface area contributed by atoms with Gasteiger partial charge in [-0.1, -0.05) is 36.4 Å². The summed E-state index contributed by atoms with van der Waals surface area (Å²) in [5.74, 6) is 0.527. The Labute approximate surface area is 124 Å². The normalized spacial score (nSPS) is 11.7. The van der Waals surface area contributed by atoms with Gasteiger partial charge in [-0.15, -0.1) is 0 Å². The molecule has 0 aliphatic heterocycles. The molecule has 0 unspecified atom stereocenters. The maximum atomic E-state index is 12.1. The zero-order valence-electron chi connectivity index (χ0n) is 12.1. The van der Waals surface area contributed by atoms with Crippen molar-refractivity contribution < 1.29 is 9.53 Å². The number of carbonyl (C=O) groups excluding carboxylic acids is 1. The summed E-state index contributed by atoms with van der Waals surface area (Å²) in [5, 5.41) is 2.82. The van der Waals surface area contributed by atoms with E-state index in [9.17, 15) is 4.79 Å². The molecule has 2 aromatic carbocycles. The Morgan fingerprint density at radius 2 is 1.95 bits per heavy atom. The van der Waals surface area contributed by atoms with Crippen LogP contribution in [0.25, 0.3) is 0 Å². The van der Waals surface area contributed by atoms with E-state index < -0.39 is 6.04 Å². The lowest BCUT2D eigenvalue weighted by Gasteiger charge is -2.13. The largest absolute Gasteiger partial charge is 0.494 e. The van der Waals surface area contributed by atoms with Crippen molar-refractivity contribution in [2.45, 2.75) is 19.4 Å². The summed E-state index contributed by atoms with van der Waals surface area (Å²) in [6.45, 7) is 2.51. The summed E-state index contributed by atoms with van der Waals surface area (Å²) in [6.07, 6.45) is 0.512. The first-order valence-electron chi connectivity index (χ1n) is 7.02. The number of benzene rings is 2. The number of nitrogens with one attached hydrogen (secondary N) is 1. The highest BCUT2D eigenvalue weighted by Crippen LogP contribution is 2.17. The molecule has 4 heteroatoms. The van der Waals surface area contributed by atoms with E-state index in [1.54, 1.807) is 6.07 Å². The quantitative estimate of drug-likeness (QED) is 0.857. The van der Waals surface area contributed by atoms with Gasteiger partial charge in [-0.3, -0.25) is 4.79 Å². The Kier molecular flexibility index (Phi) is 5.35. The van der Waals surface area contributed by atoms with Crippen LogP contribution in [0.4, 0.5) is 5.69 Å². The highest BCUT2D eigenvalue weighted by atomic mass is 16.5. The maximum absolute atomic E-state index is 12.1. The van der Waals surface area contributed by atoms with E-state index in [0.29, 0.717) is 18.7 Å². The summed E-state index contributed by atoms with van der Waals surface area (Å²) < 4.78 is 5.40. The van der Waals surface area contributed by atoms with Gasteiger partial charge in [0.05, 0.1) is 12.6 Å². The first-order chi connectivity index (χ1) is 10.2. The summed E-state index contributed by atoms with van der Waals surface area (Å²) in [5.41, 5.74) is 7.68. The second-order valence-corrected chi connectivity index (χ2v) is 4.75. The molecule has 0 bridgehead atoms. The van der Waals surface area contributed by atoms with E-state index in [-0.39, 0.29) is 5.91 Å². The van der Waals surface area contributed by atoms with Gasteiger partial charge < -0.3 is 15.8 Å². The molecular weight excluding hydrogens is 264 g/mol. The van der Waals surface area contributed by atoms with Crippen molar-refractivity contribution in [3.8, 4) is 5.75 Å². The molecule has 0 aliphatic carbocycles. The van der Waals surface area contributed by atoms with Crippen molar-refractivity contribution in [2.75, 3.05) is 11.9 Å². The van der Waals surface area contributed by atoms with Crippen molar-refractivity contribution in [3.05, 3.63) is 60.2 Å². The lowest BCUT2D eigenvalue weighted by molar-refractivity contribution is -0.117. The van der Waals surface area contributed by atoms with Gasteiger partial charge in [-0.25, -0.2) is 0 Å². The lowest BCUT2D eigenvalue weighted by Crippen LogP contribution is -2.37. The average Bonchev–Trinajstić information content (AvgIpc) is 2.49. The molecular formula is C17H20N2O2. The molecule has 1 atom stereocenters. The SMILES string of the molecule is CCOc1cccc(NC(=O)[C@H](N)Cc2ccccc2)c1. The van der Waals surface area contributed by atoms with E-state index in [0.717, 1.165) is 11.3 Å². The van der Waals surface area contributed by atoms with Crippen LogP contribution in [-0.4, -0.2) is 18.6 Å². The molecule has 0 fully saturated rings. The Hall–Kier alpha value is -2.33. The lowest BCUT2D eigenvalue weighted by atomic mass is 10.1. The molecule has 0 heterocycles. The number of carbonyl (C=O) groups is 1. The number of hydrogen-bond donors (Lipinski definition) is 2. The third-order valence-corrected chi connectivity index (χ3v) is 3.05. The Bertz CT molecular complexity index is 584. The molecule has 2 rings (SSSR count). The van der Waals surface area contributed by atoms with Crippen LogP contribution in [0.15, 0.2) is 54.6 Å². The van der Waals surface area contributed by atoms with Gasteiger partial charge in [-0.05, 0) is 31.0 Å². The smallest absolute Gasteiger partial charge is 0.241 e. The fourth-order valence-corrected chi connectivity index (χ4v) is 2.03. The number of ether oxygens (including phenoxy) is 1. The van der Waals surface area contributed by atoms with Crippen LogP contribution in [0.3, 0.4) is 0 Å². The van der Waals surface area contributed by atoms with E-state index in [2.05, 4.69) is 5.32 Å². The standard InChI is InChI=1S/C17H20N2O2/c1-2-21-15-10-6-9-14(12-15)19-17(20)16(18)11-13-7-4-3-5-8-13/h3-10,12,16H,2,11,18H2,1H3,(H,19,20)/t16-/m1/s1. The zero-order chi connectivity index (χ0) is 15.1. The monoisotopic (exact) mass is 284 g/mol. The molecule has 1 amide bonds. The summed E-state index contributed by atoms with van der Waals surface area (Å²) in [4.78, 5) is 12.1. The van der Waals surface area contributed by atoms with Crippen LogP contribution in [0.5, 0.6) is 5.75 Å². The van der Waals surface area contributed by atoms with Crippen molar-refractivity contribution in [3.63, 3.8) is 0 Å². The van der Waals surface area contributed by atoms with Crippen LogP contribution < -0.4 is 15.8 Å². The second kappa shape index (κ2) is 7.45. The number of anilines is 1. The third kappa shape index (κ3) is 4.61. The van der Waals surface area contributed by atoms with E-state index >= 15 is 0 Å². The van der Waals surface area contributed by atoms with Gasteiger partial charge in [0.2, 0.25) is 5.91 Å². The van der Waals surface area contributed by atoms with Gasteiger partial charge >= 0.3 is 0 Å². The topological polar surface area (TPSA) is 64.3 Å². The van der Waals surface area contributed by atoms with Crippen LogP contribution in [0.1, 0.15) is 12.5 Å². The van der Waals surface area contributed by atoms with E-state index in [1.165, 1.54) is 0 Å². The minimum Gasteiger partial charge on any atom is -0.494 e. The number of amides is 1.